The van der Waals surface area contributed by atoms with E-state index < -0.39 is 0 Å². The molecule has 0 amide bonds. The van der Waals surface area contributed by atoms with Crippen LogP contribution in [0.1, 0.15) is 12.5 Å². The van der Waals surface area contributed by atoms with Crippen LogP contribution >= 0.6 is 11.8 Å². The second kappa shape index (κ2) is 6.95. The number of hydrogen-bond donors (Lipinski definition) is 0. The van der Waals surface area contributed by atoms with Crippen molar-refractivity contribution in [3.05, 3.63) is 29.8 Å². The number of carbonyl (C=O) groups is 1. The zero-order valence-electron chi connectivity index (χ0n) is 11.2. The minimum atomic E-state index is 0.0485. The van der Waals surface area contributed by atoms with E-state index in [1.54, 1.807) is 0 Å². The molecule has 6 nitrogen and oxygen atoms in total. The topological polar surface area (TPSA) is 69.5 Å². The monoisotopic (exact) mass is 294 g/mol. The van der Waals surface area contributed by atoms with E-state index in [0.717, 1.165) is 5.56 Å². The molecule has 1 aromatic carbocycles. The standard InChI is InChI=1S/C13H14N2O4S/c1-9(16)20-8-7-18-15-13-12(14-17-2)10-5-3-4-6-11(10)19-13/h3-6H,7-8H2,1-2H3/b14-12+,15-13+. The number of ether oxygens (including phenoxy) is 1. The number of fused-ring (bicyclic) bond motifs is 1. The molecule has 0 atom stereocenters. The molecule has 0 aliphatic carbocycles. The Bertz CT molecular complexity index is 557. The maximum absolute atomic E-state index is 10.8. The van der Waals surface area contributed by atoms with Gasteiger partial charge in [-0.15, -0.1) is 0 Å². The number of nitrogens with zero attached hydrogens (tertiary/aromatic N) is 2. The van der Waals surface area contributed by atoms with E-state index in [1.807, 2.05) is 24.3 Å². The van der Waals surface area contributed by atoms with Crippen LogP contribution in [-0.2, 0) is 14.5 Å². The minimum Gasteiger partial charge on any atom is -0.434 e. The van der Waals surface area contributed by atoms with Gasteiger partial charge in [-0.25, -0.2) is 0 Å². The first-order valence-electron chi connectivity index (χ1n) is 5.94. The summed E-state index contributed by atoms with van der Waals surface area (Å²) in [6.07, 6.45) is 0. The predicted octanol–water partition coefficient (Wildman–Crippen LogP) is 2.04. The van der Waals surface area contributed by atoms with Crippen molar-refractivity contribution in [3.8, 4) is 5.75 Å². The third kappa shape index (κ3) is 3.51. The quantitative estimate of drug-likeness (QED) is 0.614. The van der Waals surface area contributed by atoms with Crippen LogP contribution in [0.3, 0.4) is 0 Å². The first kappa shape index (κ1) is 14.4. The lowest BCUT2D eigenvalue weighted by molar-refractivity contribution is -0.109. The van der Waals surface area contributed by atoms with E-state index in [1.165, 1.54) is 25.8 Å². The maximum atomic E-state index is 10.8. The highest BCUT2D eigenvalue weighted by molar-refractivity contribution is 8.13. The number of thioether (sulfide) groups is 1. The summed E-state index contributed by atoms with van der Waals surface area (Å²) in [5, 5.41) is 7.84. The molecule has 0 radical (unpaired) electrons. The highest BCUT2D eigenvalue weighted by Gasteiger charge is 2.28. The summed E-state index contributed by atoms with van der Waals surface area (Å²) in [6.45, 7) is 1.82. The first-order valence-corrected chi connectivity index (χ1v) is 6.93. The molecule has 1 aliphatic rings. The molecule has 0 unspecified atom stereocenters. The van der Waals surface area contributed by atoms with Gasteiger partial charge in [0.05, 0.1) is 5.56 Å². The number of para-hydroxylation sites is 1. The van der Waals surface area contributed by atoms with E-state index >= 15 is 0 Å². The lowest BCUT2D eigenvalue weighted by atomic mass is 10.1. The van der Waals surface area contributed by atoms with Gasteiger partial charge < -0.3 is 14.4 Å². The smallest absolute Gasteiger partial charge is 0.286 e. The summed E-state index contributed by atoms with van der Waals surface area (Å²) < 4.78 is 5.54. The molecule has 0 aromatic heterocycles. The van der Waals surface area contributed by atoms with Gasteiger partial charge >= 0.3 is 0 Å². The van der Waals surface area contributed by atoms with Crippen molar-refractivity contribution in [2.45, 2.75) is 6.92 Å². The fourth-order valence-corrected chi connectivity index (χ4v) is 2.03. The third-order valence-corrected chi connectivity index (χ3v) is 3.14. The Hall–Kier alpha value is -2.02. The SMILES string of the molecule is CO/N=C1/C(=N\OCCSC(C)=O)Oc2ccccc21. The van der Waals surface area contributed by atoms with Gasteiger partial charge in [0, 0.05) is 12.7 Å². The highest BCUT2D eigenvalue weighted by Crippen LogP contribution is 2.26. The van der Waals surface area contributed by atoms with Crippen molar-refractivity contribution in [2.75, 3.05) is 19.5 Å². The van der Waals surface area contributed by atoms with Crippen LogP contribution in [0.25, 0.3) is 0 Å². The molecule has 0 spiro atoms. The van der Waals surface area contributed by atoms with Gasteiger partial charge in [0.25, 0.3) is 5.90 Å². The normalized spacial score (nSPS) is 16.9. The largest absolute Gasteiger partial charge is 0.434 e. The molecule has 1 aliphatic heterocycles. The van der Waals surface area contributed by atoms with E-state index in [9.17, 15) is 4.79 Å². The van der Waals surface area contributed by atoms with E-state index in [4.69, 9.17) is 14.4 Å². The van der Waals surface area contributed by atoms with Crippen molar-refractivity contribution < 1.29 is 19.2 Å². The van der Waals surface area contributed by atoms with Crippen molar-refractivity contribution in [2.24, 2.45) is 10.3 Å². The van der Waals surface area contributed by atoms with Gasteiger partial charge in [0.15, 0.2) is 10.8 Å². The van der Waals surface area contributed by atoms with Gasteiger partial charge in [-0.05, 0) is 17.3 Å². The molecule has 2 rings (SSSR count). The van der Waals surface area contributed by atoms with Crippen LogP contribution in [0.5, 0.6) is 5.75 Å². The molecule has 1 aromatic rings. The zero-order chi connectivity index (χ0) is 14.4. The van der Waals surface area contributed by atoms with Crippen LogP contribution in [0.15, 0.2) is 34.6 Å². The fraction of sp³-hybridized carbons (Fsp3) is 0.308. The Balaban J connectivity index is 2.02. The molecule has 20 heavy (non-hydrogen) atoms. The van der Waals surface area contributed by atoms with Crippen molar-refractivity contribution in [3.63, 3.8) is 0 Å². The van der Waals surface area contributed by atoms with Gasteiger partial charge in [-0.1, -0.05) is 29.1 Å². The predicted molar refractivity (Wildman–Crippen MR) is 77.1 cm³/mol. The fourth-order valence-electron chi connectivity index (χ4n) is 1.59. The van der Waals surface area contributed by atoms with Crippen LogP contribution < -0.4 is 4.74 Å². The van der Waals surface area contributed by atoms with Crippen LogP contribution in [0, 0.1) is 0 Å². The Labute approximate surface area is 120 Å². The summed E-state index contributed by atoms with van der Waals surface area (Å²) >= 11 is 1.18. The average molecular weight is 294 g/mol. The van der Waals surface area contributed by atoms with Crippen molar-refractivity contribution in [1.29, 1.82) is 0 Å². The molecule has 7 heteroatoms. The number of rotatable bonds is 5. The molecule has 0 bridgehead atoms. The highest BCUT2D eigenvalue weighted by atomic mass is 32.2. The summed E-state index contributed by atoms with van der Waals surface area (Å²) in [5.74, 6) is 1.44. The van der Waals surface area contributed by atoms with Gasteiger partial charge in [-0.2, -0.15) is 0 Å². The first-order chi connectivity index (χ1) is 9.72. The van der Waals surface area contributed by atoms with E-state index in [2.05, 4.69) is 10.3 Å². The second-order valence-electron chi connectivity index (χ2n) is 3.79. The van der Waals surface area contributed by atoms with Gasteiger partial charge in [-0.3, -0.25) is 4.79 Å². The Morgan fingerprint density at radius 3 is 2.90 bits per heavy atom. The maximum Gasteiger partial charge on any atom is 0.286 e. The molecule has 0 fully saturated rings. The second-order valence-corrected chi connectivity index (χ2v) is 5.06. The summed E-state index contributed by atoms with van der Waals surface area (Å²) in [7, 11) is 1.45. The molecule has 0 N–H and O–H groups in total. The molecular formula is C13H14N2O4S. The molecule has 106 valence electrons. The van der Waals surface area contributed by atoms with Crippen LogP contribution in [0.4, 0.5) is 0 Å². The van der Waals surface area contributed by atoms with Gasteiger partial charge in [0.1, 0.15) is 19.5 Å². The van der Waals surface area contributed by atoms with E-state index in [0.29, 0.717) is 23.8 Å². The Morgan fingerprint density at radius 1 is 1.35 bits per heavy atom. The van der Waals surface area contributed by atoms with Crippen LogP contribution in [0.2, 0.25) is 0 Å². The lowest BCUT2D eigenvalue weighted by Gasteiger charge is -2.00. The van der Waals surface area contributed by atoms with Crippen molar-refractivity contribution in [1.82, 2.24) is 0 Å². The number of benzene rings is 1. The molecular weight excluding hydrogens is 280 g/mol. The minimum absolute atomic E-state index is 0.0485. The lowest BCUT2D eigenvalue weighted by Crippen LogP contribution is -2.15. The molecule has 0 saturated carbocycles. The Morgan fingerprint density at radius 2 is 2.15 bits per heavy atom. The third-order valence-electron chi connectivity index (χ3n) is 2.36. The zero-order valence-corrected chi connectivity index (χ0v) is 12.0. The average Bonchev–Trinajstić information content (AvgIpc) is 2.77. The van der Waals surface area contributed by atoms with Crippen LogP contribution in [-0.4, -0.2) is 36.2 Å². The number of hydrogen-bond acceptors (Lipinski definition) is 7. The Kier molecular flexibility index (Phi) is 5.00. The van der Waals surface area contributed by atoms with Crippen molar-refractivity contribution >= 4 is 28.5 Å². The molecule has 1 heterocycles. The number of carbonyl (C=O) groups excluding carboxylic acids is 1. The summed E-state index contributed by atoms with van der Waals surface area (Å²) in [4.78, 5) is 20.7. The van der Waals surface area contributed by atoms with Gasteiger partial charge in [0.2, 0.25) is 0 Å². The number of oxime groups is 2. The summed E-state index contributed by atoms with van der Waals surface area (Å²) in [5.41, 5.74) is 1.29. The van der Waals surface area contributed by atoms with E-state index in [-0.39, 0.29) is 11.0 Å². The summed E-state index contributed by atoms with van der Waals surface area (Å²) in [6, 6.07) is 7.41. The molecule has 0 saturated heterocycles.